The van der Waals surface area contributed by atoms with E-state index in [1.54, 1.807) is 17.4 Å². The second-order valence-electron chi connectivity index (χ2n) is 3.97. The number of carbonyl (C=O) groups is 1. The lowest BCUT2D eigenvalue weighted by molar-refractivity contribution is 0.129. The van der Waals surface area contributed by atoms with Crippen LogP contribution in [0.2, 0.25) is 0 Å². The Kier molecular flexibility index (Phi) is 3.40. The van der Waals surface area contributed by atoms with Crippen LogP contribution in [0, 0.1) is 0 Å². The highest BCUT2D eigenvalue weighted by Gasteiger charge is 2.22. The zero-order valence-corrected chi connectivity index (χ0v) is 9.25. The summed E-state index contributed by atoms with van der Waals surface area (Å²) in [6.07, 6.45) is 7.34. The topological polar surface area (TPSA) is 67.4 Å². The van der Waals surface area contributed by atoms with Crippen LogP contribution >= 0.6 is 0 Å². The maximum Gasteiger partial charge on any atom is 0.334 e. The number of hydrogen-bond acceptors (Lipinski definition) is 3. The van der Waals surface area contributed by atoms with Crippen LogP contribution in [0.15, 0.2) is 18.7 Å². The van der Waals surface area contributed by atoms with Crippen molar-refractivity contribution in [1.82, 2.24) is 19.5 Å². The van der Waals surface area contributed by atoms with Crippen LogP contribution < -0.4 is 5.84 Å². The zero-order chi connectivity index (χ0) is 11.4. The van der Waals surface area contributed by atoms with Gasteiger partial charge in [-0.15, -0.1) is 0 Å². The number of hydrogen-bond donors (Lipinski definition) is 1. The van der Waals surface area contributed by atoms with Gasteiger partial charge in [0, 0.05) is 38.6 Å². The molecular weight excluding hydrogens is 206 g/mol. The first-order chi connectivity index (χ1) is 7.77. The smallest absolute Gasteiger partial charge is 0.334 e. The number of carbonyl (C=O) groups excluding carboxylic acids is 1. The Hall–Kier alpha value is -1.56. The van der Waals surface area contributed by atoms with E-state index in [-0.39, 0.29) is 6.03 Å². The van der Waals surface area contributed by atoms with Crippen molar-refractivity contribution in [2.45, 2.75) is 19.4 Å². The van der Waals surface area contributed by atoms with Gasteiger partial charge in [0.15, 0.2) is 0 Å². The van der Waals surface area contributed by atoms with Crippen LogP contribution in [0.25, 0.3) is 0 Å². The van der Waals surface area contributed by atoms with Gasteiger partial charge in [-0.3, -0.25) is 5.01 Å². The van der Waals surface area contributed by atoms with E-state index in [4.69, 9.17) is 5.84 Å². The number of aryl methyl sites for hydroxylation is 1. The summed E-state index contributed by atoms with van der Waals surface area (Å²) in [6.45, 7) is 3.12. The molecule has 1 aliphatic rings. The molecule has 88 valence electrons. The predicted molar refractivity (Wildman–Crippen MR) is 59.3 cm³/mol. The van der Waals surface area contributed by atoms with Gasteiger partial charge in [-0.25, -0.2) is 15.6 Å². The molecule has 1 aromatic rings. The SMILES string of the molecule is NN1CCCN(CCCn2ccnc2)C1=O. The minimum atomic E-state index is -0.0584. The predicted octanol–water partition coefficient (Wildman–Crippen LogP) is 0.275. The monoisotopic (exact) mass is 223 g/mol. The summed E-state index contributed by atoms with van der Waals surface area (Å²) < 4.78 is 2.01. The van der Waals surface area contributed by atoms with Crippen molar-refractivity contribution in [3.05, 3.63) is 18.7 Å². The average molecular weight is 223 g/mol. The molecule has 0 spiro atoms. The third-order valence-corrected chi connectivity index (χ3v) is 2.75. The first-order valence-electron chi connectivity index (χ1n) is 5.54. The van der Waals surface area contributed by atoms with E-state index in [2.05, 4.69) is 4.98 Å². The highest BCUT2D eigenvalue weighted by molar-refractivity contribution is 5.74. The quantitative estimate of drug-likeness (QED) is 0.588. The van der Waals surface area contributed by atoms with Gasteiger partial charge >= 0.3 is 6.03 Å². The molecule has 2 heterocycles. The summed E-state index contributed by atoms with van der Waals surface area (Å²) in [4.78, 5) is 17.4. The number of nitrogens with zero attached hydrogens (tertiary/aromatic N) is 4. The van der Waals surface area contributed by atoms with Crippen LogP contribution in [0.1, 0.15) is 12.8 Å². The Bertz CT molecular complexity index is 337. The Morgan fingerprint density at radius 3 is 3.00 bits per heavy atom. The normalized spacial score (nSPS) is 16.9. The van der Waals surface area contributed by atoms with Crippen LogP contribution in [-0.2, 0) is 6.54 Å². The summed E-state index contributed by atoms with van der Waals surface area (Å²) in [7, 11) is 0. The van der Waals surface area contributed by atoms with Crippen molar-refractivity contribution in [1.29, 1.82) is 0 Å². The number of hydrazine groups is 1. The molecule has 0 unspecified atom stereocenters. The van der Waals surface area contributed by atoms with Gasteiger partial charge in [-0.05, 0) is 12.8 Å². The van der Waals surface area contributed by atoms with Gasteiger partial charge in [0.05, 0.1) is 6.33 Å². The molecule has 16 heavy (non-hydrogen) atoms. The van der Waals surface area contributed by atoms with E-state index in [9.17, 15) is 4.79 Å². The van der Waals surface area contributed by atoms with Crippen molar-refractivity contribution < 1.29 is 4.79 Å². The number of amides is 2. The number of urea groups is 1. The summed E-state index contributed by atoms with van der Waals surface area (Å²) in [6, 6.07) is -0.0584. The fraction of sp³-hybridized carbons (Fsp3) is 0.600. The van der Waals surface area contributed by atoms with Crippen molar-refractivity contribution in [2.24, 2.45) is 5.84 Å². The van der Waals surface area contributed by atoms with Gasteiger partial charge < -0.3 is 9.47 Å². The van der Waals surface area contributed by atoms with E-state index in [1.807, 2.05) is 10.8 Å². The van der Waals surface area contributed by atoms with Crippen LogP contribution in [0.5, 0.6) is 0 Å². The highest BCUT2D eigenvalue weighted by Crippen LogP contribution is 2.06. The van der Waals surface area contributed by atoms with E-state index in [0.29, 0.717) is 6.54 Å². The number of aromatic nitrogens is 2. The first-order valence-corrected chi connectivity index (χ1v) is 5.54. The minimum Gasteiger partial charge on any atom is -0.337 e. The summed E-state index contributed by atoms with van der Waals surface area (Å²) in [5.41, 5.74) is 0. The molecule has 0 aliphatic carbocycles. The molecule has 2 rings (SSSR count). The summed E-state index contributed by atoms with van der Waals surface area (Å²) >= 11 is 0. The Labute approximate surface area is 94.6 Å². The number of imidazole rings is 1. The Morgan fingerprint density at radius 2 is 2.25 bits per heavy atom. The van der Waals surface area contributed by atoms with E-state index >= 15 is 0 Å². The molecule has 0 bridgehead atoms. The Balaban J connectivity index is 1.75. The molecule has 1 aliphatic heterocycles. The summed E-state index contributed by atoms with van der Waals surface area (Å²) in [5, 5.41) is 1.29. The zero-order valence-electron chi connectivity index (χ0n) is 9.25. The summed E-state index contributed by atoms with van der Waals surface area (Å²) in [5.74, 6) is 5.56. The lowest BCUT2D eigenvalue weighted by Crippen LogP contribution is -2.52. The maximum absolute atomic E-state index is 11.6. The van der Waals surface area contributed by atoms with Crippen LogP contribution in [0.4, 0.5) is 4.79 Å². The fourth-order valence-electron chi connectivity index (χ4n) is 1.88. The van der Waals surface area contributed by atoms with E-state index in [0.717, 1.165) is 32.5 Å². The third-order valence-electron chi connectivity index (χ3n) is 2.75. The maximum atomic E-state index is 11.6. The molecular formula is C10H17N5O. The van der Waals surface area contributed by atoms with Crippen molar-refractivity contribution in [2.75, 3.05) is 19.6 Å². The molecule has 0 radical (unpaired) electrons. The van der Waals surface area contributed by atoms with Crippen molar-refractivity contribution in [3.63, 3.8) is 0 Å². The molecule has 6 heteroatoms. The standard InChI is InChI=1S/C10H17N5O/c11-15-7-2-6-14(10(15)16)5-1-4-13-8-3-12-9-13/h3,8-9H,1-2,4-7,11H2. The molecule has 0 saturated carbocycles. The molecule has 2 amide bonds. The van der Waals surface area contributed by atoms with Crippen LogP contribution in [0.3, 0.4) is 0 Å². The second kappa shape index (κ2) is 4.98. The van der Waals surface area contributed by atoms with Gasteiger partial charge in [0.2, 0.25) is 0 Å². The number of nitrogens with two attached hydrogens (primary N) is 1. The molecule has 1 fully saturated rings. The lowest BCUT2D eigenvalue weighted by atomic mass is 10.3. The van der Waals surface area contributed by atoms with E-state index < -0.39 is 0 Å². The van der Waals surface area contributed by atoms with Crippen molar-refractivity contribution >= 4 is 6.03 Å². The van der Waals surface area contributed by atoms with Gasteiger partial charge in [-0.2, -0.15) is 0 Å². The largest absolute Gasteiger partial charge is 0.337 e. The molecule has 6 nitrogen and oxygen atoms in total. The fourth-order valence-corrected chi connectivity index (χ4v) is 1.88. The molecule has 1 aromatic heterocycles. The average Bonchev–Trinajstić information content (AvgIpc) is 2.77. The Morgan fingerprint density at radius 1 is 1.38 bits per heavy atom. The second-order valence-corrected chi connectivity index (χ2v) is 3.97. The molecule has 1 saturated heterocycles. The van der Waals surface area contributed by atoms with Gasteiger partial charge in [-0.1, -0.05) is 0 Å². The van der Waals surface area contributed by atoms with Crippen molar-refractivity contribution in [3.8, 4) is 0 Å². The third kappa shape index (κ3) is 2.52. The molecule has 2 N–H and O–H groups in total. The van der Waals surface area contributed by atoms with Crippen LogP contribution in [-0.4, -0.2) is 45.1 Å². The molecule has 0 aromatic carbocycles. The van der Waals surface area contributed by atoms with Gasteiger partial charge in [0.1, 0.15) is 0 Å². The molecule has 0 atom stereocenters. The first kappa shape index (κ1) is 10.9. The number of rotatable bonds is 4. The highest BCUT2D eigenvalue weighted by atomic mass is 16.2. The minimum absolute atomic E-state index is 0.0584. The van der Waals surface area contributed by atoms with Gasteiger partial charge in [0.25, 0.3) is 0 Å². The lowest BCUT2D eigenvalue weighted by Gasteiger charge is -2.32. The van der Waals surface area contributed by atoms with E-state index in [1.165, 1.54) is 5.01 Å².